The number of allylic oxidation sites excluding steroid dienone is 3. The molecule has 28 heavy (non-hydrogen) atoms. The minimum absolute atomic E-state index is 0.0214. The minimum atomic E-state index is -1.45. The van der Waals surface area contributed by atoms with Crippen molar-refractivity contribution in [3.05, 3.63) is 23.5 Å². The Morgan fingerprint density at radius 1 is 1.04 bits per heavy atom. The second-order valence-corrected chi connectivity index (χ2v) is 7.77. The molecule has 0 spiro atoms. The Morgan fingerprint density at radius 3 is 2.21 bits per heavy atom. The van der Waals surface area contributed by atoms with Crippen LogP contribution in [0.5, 0.6) is 0 Å². The van der Waals surface area contributed by atoms with Crippen LogP contribution in [0.4, 0.5) is 0 Å². The second kappa shape index (κ2) is 15.3. The molecular formula is C23H40O5. The predicted octanol–water partition coefficient (Wildman–Crippen LogP) is 5.28. The quantitative estimate of drug-likeness (QED) is 0.170. The van der Waals surface area contributed by atoms with Gasteiger partial charge in [-0.2, -0.15) is 0 Å². The predicted molar refractivity (Wildman–Crippen MR) is 113 cm³/mol. The topological polar surface area (TPSA) is 83.8 Å². The fourth-order valence-electron chi connectivity index (χ4n) is 3.06. The van der Waals surface area contributed by atoms with Crippen LogP contribution in [0.25, 0.3) is 0 Å². The lowest BCUT2D eigenvalue weighted by molar-refractivity contribution is -0.139. The molecule has 0 rings (SSSR count). The summed E-state index contributed by atoms with van der Waals surface area (Å²) in [7, 11) is 1.22. The van der Waals surface area contributed by atoms with Gasteiger partial charge in [-0.25, -0.2) is 4.79 Å². The molecular weight excluding hydrogens is 356 g/mol. The number of esters is 1. The van der Waals surface area contributed by atoms with Gasteiger partial charge in [-0.15, -0.1) is 0 Å². The number of methoxy groups -OCH3 is 1. The number of rotatable bonds is 15. The Bertz CT molecular complexity index is 521. The van der Waals surface area contributed by atoms with E-state index in [0.717, 1.165) is 12.8 Å². The van der Waals surface area contributed by atoms with Crippen molar-refractivity contribution in [3.8, 4) is 0 Å². The van der Waals surface area contributed by atoms with Crippen molar-refractivity contribution in [1.29, 1.82) is 0 Å². The van der Waals surface area contributed by atoms with Crippen LogP contribution >= 0.6 is 0 Å². The van der Waals surface area contributed by atoms with Crippen molar-refractivity contribution in [2.24, 2.45) is 11.8 Å². The van der Waals surface area contributed by atoms with Gasteiger partial charge in [0.25, 0.3) is 0 Å². The molecule has 0 aromatic rings. The zero-order valence-electron chi connectivity index (χ0n) is 18.4. The van der Waals surface area contributed by atoms with E-state index >= 15 is 0 Å². The van der Waals surface area contributed by atoms with Gasteiger partial charge in [-0.1, -0.05) is 65.4 Å². The third-order valence-electron chi connectivity index (χ3n) is 5.04. The first kappa shape index (κ1) is 26.4. The maximum Gasteiger partial charge on any atom is 0.336 e. The number of Topliss-reactive ketones (excluding diaryl/α,β-unsaturated/α-hetero) is 1. The standard InChI is InChI=1S/C23H40O5/c1-6-7-8-9-10-11-14-18(3)21(25)16-17(2)13-12-15-20(23(27)28-5)22(26)19(4)24/h15-18,22,25-26H,6-14H2,1-5H3. The van der Waals surface area contributed by atoms with E-state index in [1.807, 2.05) is 19.9 Å². The van der Waals surface area contributed by atoms with E-state index in [1.54, 1.807) is 6.08 Å². The highest BCUT2D eigenvalue weighted by molar-refractivity contribution is 5.98. The lowest BCUT2D eigenvalue weighted by Gasteiger charge is -2.14. The molecule has 162 valence electrons. The van der Waals surface area contributed by atoms with Crippen LogP contribution in [0.1, 0.15) is 85.5 Å². The summed E-state index contributed by atoms with van der Waals surface area (Å²) in [6.45, 7) is 7.49. The summed E-state index contributed by atoms with van der Waals surface area (Å²) in [5, 5.41) is 20.2. The summed E-state index contributed by atoms with van der Waals surface area (Å²) in [6, 6.07) is 0. The van der Waals surface area contributed by atoms with Gasteiger partial charge < -0.3 is 14.9 Å². The van der Waals surface area contributed by atoms with Gasteiger partial charge in [-0.05, 0) is 38.2 Å². The van der Waals surface area contributed by atoms with Crippen LogP contribution < -0.4 is 0 Å². The molecule has 2 N–H and O–H groups in total. The van der Waals surface area contributed by atoms with Crippen molar-refractivity contribution in [2.75, 3.05) is 7.11 Å². The molecule has 0 aliphatic heterocycles. The summed E-state index contributed by atoms with van der Waals surface area (Å²) < 4.78 is 4.63. The molecule has 0 saturated carbocycles. The number of carbonyl (C=O) groups excluding carboxylic acids is 2. The molecule has 0 amide bonds. The molecule has 0 aliphatic carbocycles. The zero-order chi connectivity index (χ0) is 21.5. The number of aliphatic hydroxyl groups is 2. The van der Waals surface area contributed by atoms with Crippen LogP contribution in [0, 0.1) is 11.8 Å². The number of hydrogen-bond donors (Lipinski definition) is 2. The van der Waals surface area contributed by atoms with Gasteiger partial charge in [0, 0.05) is 5.92 Å². The second-order valence-electron chi connectivity index (χ2n) is 7.77. The lowest BCUT2D eigenvalue weighted by Crippen LogP contribution is -2.25. The van der Waals surface area contributed by atoms with Crippen molar-refractivity contribution < 1.29 is 24.5 Å². The van der Waals surface area contributed by atoms with Crippen LogP contribution in [0.2, 0.25) is 0 Å². The first-order valence-corrected chi connectivity index (χ1v) is 10.6. The number of aliphatic hydroxyl groups excluding tert-OH is 2. The van der Waals surface area contributed by atoms with E-state index in [2.05, 4.69) is 11.7 Å². The average molecular weight is 397 g/mol. The number of unbranched alkanes of at least 4 members (excludes halogenated alkanes) is 5. The van der Waals surface area contributed by atoms with E-state index in [9.17, 15) is 19.8 Å². The van der Waals surface area contributed by atoms with Crippen LogP contribution in [0.15, 0.2) is 23.5 Å². The molecule has 0 aromatic carbocycles. The van der Waals surface area contributed by atoms with Crippen molar-refractivity contribution in [2.45, 2.75) is 91.6 Å². The molecule has 3 atom stereocenters. The van der Waals surface area contributed by atoms with Crippen LogP contribution in [0.3, 0.4) is 0 Å². The molecule has 0 bridgehead atoms. The number of ketones is 1. The number of ether oxygens (including phenoxy) is 1. The molecule has 0 fully saturated rings. The third kappa shape index (κ3) is 11.3. The molecule has 0 aromatic heterocycles. The van der Waals surface area contributed by atoms with E-state index in [-0.39, 0.29) is 17.4 Å². The van der Waals surface area contributed by atoms with E-state index in [1.165, 1.54) is 46.1 Å². The van der Waals surface area contributed by atoms with E-state index in [4.69, 9.17) is 0 Å². The molecule has 5 heteroatoms. The zero-order valence-corrected chi connectivity index (χ0v) is 18.4. The minimum Gasteiger partial charge on any atom is -0.512 e. The number of carbonyl (C=O) groups is 2. The average Bonchev–Trinajstić information content (AvgIpc) is 2.66. The normalized spacial score (nSPS) is 15.8. The van der Waals surface area contributed by atoms with E-state index in [0.29, 0.717) is 18.6 Å². The molecule has 3 unspecified atom stereocenters. The van der Waals surface area contributed by atoms with Gasteiger partial charge in [0.2, 0.25) is 0 Å². The Labute approximate surface area is 170 Å². The smallest absolute Gasteiger partial charge is 0.336 e. The van der Waals surface area contributed by atoms with Gasteiger partial charge in [0.1, 0.15) is 6.10 Å². The molecule has 0 heterocycles. The van der Waals surface area contributed by atoms with Crippen LogP contribution in [-0.4, -0.2) is 35.2 Å². The largest absolute Gasteiger partial charge is 0.512 e. The van der Waals surface area contributed by atoms with Crippen molar-refractivity contribution in [3.63, 3.8) is 0 Å². The molecule has 0 aliphatic rings. The third-order valence-corrected chi connectivity index (χ3v) is 5.04. The molecule has 0 saturated heterocycles. The summed E-state index contributed by atoms with van der Waals surface area (Å²) in [6.07, 6.45) is 11.6. The fraction of sp³-hybridized carbons (Fsp3) is 0.739. The van der Waals surface area contributed by atoms with Gasteiger partial charge in [0.05, 0.1) is 18.4 Å². The lowest BCUT2D eigenvalue weighted by atomic mass is 9.95. The fourth-order valence-corrected chi connectivity index (χ4v) is 3.06. The van der Waals surface area contributed by atoms with Gasteiger partial charge in [-0.3, -0.25) is 4.79 Å². The first-order chi connectivity index (χ1) is 13.2. The highest BCUT2D eigenvalue weighted by Gasteiger charge is 2.22. The summed E-state index contributed by atoms with van der Waals surface area (Å²) in [4.78, 5) is 23.1. The van der Waals surface area contributed by atoms with Crippen molar-refractivity contribution >= 4 is 11.8 Å². The van der Waals surface area contributed by atoms with Crippen molar-refractivity contribution in [1.82, 2.24) is 0 Å². The van der Waals surface area contributed by atoms with E-state index < -0.39 is 17.9 Å². The molecule has 5 nitrogen and oxygen atoms in total. The summed E-state index contributed by atoms with van der Waals surface area (Å²) >= 11 is 0. The molecule has 0 radical (unpaired) electrons. The number of hydrogen-bond acceptors (Lipinski definition) is 5. The Balaban J connectivity index is 4.49. The monoisotopic (exact) mass is 396 g/mol. The highest BCUT2D eigenvalue weighted by Crippen LogP contribution is 2.21. The van der Waals surface area contributed by atoms with Gasteiger partial charge in [0.15, 0.2) is 5.78 Å². The Morgan fingerprint density at radius 2 is 1.64 bits per heavy atom. The Hall–Kier alpha value is -1.62. The van der Waals surface area contributed by atoms with Crippen LogP contribution in [-0.2, 0) is 14.3 Å². The van der Waals surface area contributed by atoms with Gasteiger partial charge >= 0.3 is 5.97 Å². The highest BCUT2D eigenvalue weighted by atomic mass is 16.5. The maximum absolute atomic E-state index is 11.7. The maximum atomic E-state index is 11.7. The first-order valence-electron chi connectivity index (χ1n) is 10.6. The summed E-state index contributed by atoms with van der Waals surface area (Å²) in [5.74, 6) is -0.500. The summed E-state index contributed by atoms with van der Waals surface area (Å²) in [5.41, 5.74) is -0.0214. The SMILES string of the molecule is CCCCCCCCC(C)C(O)=CC(C)CCC=C(C(=O)OC)C(O)C(C)=O. The Kier molecular flexibility index (Phi) is 14.4.